The molecule has 124 valence electrons. The van der Waals surface area contributed by atoms with Crippen molar-refractivity contribution < 1.29 is 13.2 Å². The Morgan fingerprint density at radius 2 is 2.18 bits per heavy atom. The fourth-order valence-electron chi connectivity index (χ4n) is 2.74. The first kappa shape index (κ1) is 17.2. The minimum absolute atomic E-state index is 0.299. The topological polar surface area (TPSA) is 49.9 Å². The highest BCUT2D eigenvalue weighted by Crippen LogP contribution is 2.18. The van der Waals surface area contributed by atoms with E-state index in [9.17, 15) is 8.42 Å². The molecule has 1 aliphatic rings. The van der Waals surface area contributed by atoms with E-state index in [1.165, 1.54) is 19.2 Å². The average molecular weight is 326 g/mol. The van der Waals surface area contributed by atoms with Gasteiger partial charge in [-0.05, 0) is 44.8 Å². The molecule has 0 N–H and O–H groups in total. The normalized spacial score (nSPS) is 19.7. The third kappa shape index (κ3) is 4.69. The van der Waals surface area contributed by atoms with Crippen molar-refractivity contribution in [3.63, 3.8) is 0 Å². The second-order valence-corrected chi connectivity index (χ2v) is 7.93. The number of sulfone groups is 1. The average Bonchev–Trinajstić information content (AvgIpc) is 2.95. The van der Waals surface area contributed by atoms with Crippen LogP contribution in [-0.2, 0) is 9.84 Å². The zero-order valence-electron chi connectivity index (χ0n) is 13.7. The van der Waals surface area contributed by atoms with Crippen LogP contribution in [0.25, 0.3) is 0 Å². The van der Waals surface area contributed by atoms with Crippen LogP contribution in [0.1, 0.15) is 13.3 Å². The Labute approximate surface area is 133 Å². The molecular weight excluding hydrogens is 300 g/mol. The van der Waals surface area contributed by atoms with E-state index in [0.717, 1.165) is 19.6 Å². The summed E-state index contributed by atoms with van der Waals surface area (Å²) in [6.07, 6.45) is 2.41. The number of hydrogen-bond donors (Lipinski definition) is 0. The van der Waals surface area contributed by atoms with Gasteiger partial charge in [0.1, 0.15) is 12.4 Å². The molecule has 1 aromatic rings. The van der Waals surface area contributed by atoms with E-state index in [0.29, 0.717) is 23.3 Å². The Morgan fingerprint density at radius 3 is 2.82 bits per heavy atom. The van der Waals surface area contributed by atoms with Crippen LogP contribution in [0.3, 0.4) is 0 Å². The zero-order valence-corrected chi connectivity index (χ0v) is 14.5. The molecule has 5 nitrogen and oxygen atoms in total. The Morgan fingerprint density at radius 1 is 1.41 bits per heavy atom. The van der Waals surface area contributed by atoms with Crippen LogP contribution in [0.5, 0.6) is 5.75 Å². The molecule has 1 saturated heterocycles. The maximum atomic E-state index is 11.5. The molecule has 0 amide bonds. The highest BCUT2D eigenvalue weighted by atomic mass is 32.2. The molecule has 6 heteroatoms. The standard InChI is InChI=1S/C16H26N2O3S/c1-4-18-9-8-14(13-18)17(2)10-11-21-15-6-5-7-16(12-15)22(3,19)20/h5-7,12,14H,4,8-11,13H2,1-3H3. The Kier molecular flexibility index (Phi) is 5.83. The quantitative estimate of drug-likeness (QED) is 0.760. The van der Waals surface area contributed by atoms with Crippen LogP contribution >= 0.6 is 0 Å². The maximum absolute atomic E-state index is 11.5. The van der Waals surface area contributed by atoms with Gasteiger partial charge in [-0.15, -0.1) is 0 Å². The molecule has 0 aromatic heterocycles. The monoisotopic (exact) mass is 326 g/mol. The highest BCUT2D eigenvalue weighted by Gasteiger charge is 2.24. The number of nitrogens with zero attached hydrogens (tertiary/aromatic N) is 2. The molecule has 22 heavy (non-hydrogen) atoms. The number of ether oxygens (including phenoxy) is 1. The second kappa shape index (κ2) is 7.44. The second-order valence-electron chi connectivity index (χ2n) is 5.91. The van der Waals surface area contributed by atoms with Crippen LogP contribution in [0.15, 0.2) is 29.2 Å². The first-order chi connectivity index (χ1) is 10.4. The first-order valence-corrected chi connectivity index (χ1v) is 9.65. The summed E-state index contributed by atoms with van der Waals surface area (Å²) in [5.74, 6) is 0.609. The van der Waals surface area contributed by atoms with Gasteiger partial charge in [0.25, 0.3) is 0 Å². The van der Waals surface area contributed by atoms with Gasteiger partial charge in [0, 0.05) is 25.4 Å². The predicted octanol–water partition coefficient (Wildman–Crippen LogP) is 1.49. The van der Waals surface area contributed by atoms with Crippen LogP contribution in [0, 0.1) is 0 Å². The summed E-state index contributed by atoms with van der Waals surface area (Å²) in [6, 6.07) is 7.27. The van der Waals surface area contributed by atoms with Gasteiger partial charge in [-0.3, -0.25) is 4.90 Å². The Hall–Kier alpha value is -1.11. The van der Waals surface area contributed by atoms with Crippen molar-refractivity contribution in [1.29, 1.82) is 0 Å². The smallest absolute Gasteiger partial charge is 0.175 e. The van der Waals surface area contributed by atoms with Crippen molar-refractivity contribution in [2.45, 2.75) is 24.3 Å². The molecule has 1 fully saturated rings. The minimum Gasteiger partial charge on any atom is -0.492 e. The van der Waals surface area contributed by atoms with Gasteiger partial charge in [-0.25, -0.2) is 8.42 Å². The van der Waals surface area contributed by atoms with E-state index in [2.05, 4.69) is 23.8 Å². The number of rotatable bonds is 7. The van der Waals surface area contributed by atoms with Crippen molar-refractivity contribution in [2.75, 3.05) is 46.1 Å². The van der Waals surface area contributed by atoms with Crippen molar-refractivity contribution in [3.05, 3.63) is 24.3 Å². The summed E-state index contributed by atoms with van der Waals surface area (Å²) in [6.45, 7) is 7.00. The third-order valence-corrected chi connectivity index (χ3v) is 5.37. The molecule has 1 unspecified atom stereocenters. The Balaban J connectivity index is 1.81. The number of likely N-dealkylation sites (N-methyl/N-ethyl adjacent to an activating group) is 2. The molecule has 1 atom stereocenters. The third-order valence-electron chi connectivity index (χ3n) is 4.26. The largest absolute Gasteiger partial charge is 0.492 e. The van der Waals surface area contributed by atoms with E-state index in [1.54, 1.807) is 24.3 Å². The molecule has 1 heterocycles. The Bertz CT molecular complexity index is 589. The summed E-state index contributed by atoms with van der Waals surface area (Å²) in [7, 11) is -1.06. The van der Waals surface area contributed by atoms with Gasteiger partial charge in [-0.2, -0.15) is 0 Å². The summed E-state index contributed by atoms with van der Waals surface area (Å²) in [4.78, 5) is 5.08. The molecular formula is C16H26N2O3S. The van der Waals surface area contributed by atoms with Crippen molar-refractivity contribution in [3.8, 4) is 5.75 Å². The van der Waals surface area contributed by atoms with Crippen molar-refractivity contribution in [2.24, 2.45) is 0 Å². The first-order valence-electron chi connectivity index (χ1n) is 7.75. The summed E-state index contributed by atoms with van der Waals surface area (Å²) >= 11 is 0. The van der Waals surface area contributed by atoms with Gasteiger partial charge in [0.15, 0.2) is 9.84 Å². The molecule has 1 aromatic carbocycles. The highest BCUT2D eigenvalue weighted by molar-refractivity contribution is 7.90. The minimum atomic E-state index is -3.18. The summed E-state index contributed by atoms with van der Waals surface area (Å²) in [5, 5.41) is 0. The van der Waals surface area contributed by atoms with Crippen LogP contribution in [-0.4, -0.2) is 70.3 Å². The van der Waals surface area contributed by atoms with Crippen LogP contribution in [0.4, 0.5) is 0 Å². The van der Waals surface area contributed by atoms with E-state index in [-0.39, 0.29) is 0 Å². The van der Waals surface area contributed by atoms with Gasteiger partial charge < -0.3 is 9.64 Å². The lowest BCUT2D eigenvalue weighted by Gasteiger charge is -2.24. The lowest BCUT2D eigenvalue weighted by Crippen LogP contribution is -2.37. The maximum Gasteiger partial charge on any atom is 0.175 e. The molecule has 0 aliphatic carbocycles. The molecule has 0 radical (unpaired) electrons. The van der Waals surface area contributed by atoms with Crippen molar-refractivity contribution in [1.82, 2.24) is 9.80 Å². The van der Waals surface area contributed by atoms with Gasteiger partial charge in [0.05, 0.1) is 4.90 Å². The molecule has 1 aliphatic heterocycles. The predicted molar refractivity (Wildman–Crippen MR) is 88.2 cm³/mol. The lowest BCUT2D eigenvalue weighted by molar-refractivity contribution is 0.189. The molecule has 0 saturated carbocycles. The van der Waals surface area contributed by atoms with E-state index >= 15 is 0 Å². The summed E-state index contributed by atoms with van der Waals surface area (Å²) in [5.41, 5.74) is 0. The summed E-state index contributed by atoms with van der Waals surface area (Å²) < 4.78 is 28.8. The van der Waals surface area contributed by atoms with Gasteiger partial charge in [-0.1, -0.05) is 13.0 Å². The number of hydrogen-bond acceptors (Lipinski definition) is 5. The molecule has 0 spiro atoms. The van der Waals surface area contributed by atoms with E-state index < -0.39 is 9.84 Å². The van der Waals surface area contributed by atoms with Crippen LogP contribution < -0.4 is 4.74 Å². The zero-order chi connectivity index (χ0) is 16.2. The fourth-order valence-corrected chi connectivity index (χ4v) is 3.40. The molecule has 0 bridgehead atoms. The fraction of sp³-hybridized carbons (Fsp3) is 0.625. The molecule has 2 rings (SSSR count). The van der Waals surface area contributed by atoms with Crippen molar-refractivity contribution >= 4 is 9.84 Å². The lowest BCUT2D eigenvalue weighted by atomic mass is 10.2. The number of benzene rings is 1. The van der Waals surface area contributed by atoms with E-state index in [4.69, 9.17) is 4.74 Å². The van der Waals surface area contributed by atoms with Gasteiger partial charge >= 0.3 is 0 Å². The van der Waals surface area contributed by atoms with E-state index in [1.807, 2.05) is 0 Å². The SMILES string of the molecule is CCN1CCC(N(C)CCOc2cccc(S(C)(=O)=O)c2)C1. The number of likely N-dealkylation sites (tertiary alicyclic amines) is 1. The van der Waals surface area contributed by atoms with Crippen LogP contribution in [0.2, 0.25) is 0 Å². The van der Waals surface area contributed by atoms with Gasteiger partial charge in [0.2, 0.25) is 0 Å².